The molecule has 1 fully saturated rings. The van der Waals surface area contributed by atoms with Crippen molar-refractivity contribution in [2.45, 2.75) is 51.8 Å². The average Bonchev–Trinajstić information content (AvgIpc) is 2.87. The standard InChI is InChI=1S/C15H23NO5S/c1-4-15(5-2)19-13(12-10-8-7-9-11-12)14(20-15)21-22(17,18)16-6-3/h7-11,13-14,16H,4-6H2,1-3H3. The predicted molar refractivity (Wildman–Crippen MR) is 82.1 cm³/mol. The van der Waals surface area contributed by atoms with Crippen molar-refractivity contribution in [3.63, 3.8) is 0 Å². The fourth-order valence-electron chi connectivity index (χ4n) is 2.45. The lowest BCUT2D eigenvalue weighted by molar-refractivity contribution is -0.196. The Bertz CT molecular complexity index is 571. The van der Waals surface area contributed by atoms with Crippen molar-refractivity contribution in [2.75, 3.05) is 6.54 Å². The third-order valence-electron chi connectivity index (χ3n) is 3.67. The van der Waals surface area contributed by atoms with E-state index in [-0.39, 0.29) is 6.54 Å². The SMILES string of the molecule is CCNS(=O)(=O)OC1OC(CC)(CC)OC1c1ccccc1. The molecule has 0 bridgehead atoms. The first-order chi connectivity index (χ1) is 10.5. The van der Waals surface area contributed by atoms with E-state index in [9.17, 15) is 8.42 Å². The summed E-state index contributed by atoms with van der Waals surface area (Å²) >= 11 is 0. The zero-order valence-electron chi connectivity index (χ0n) is 13.1. The third kappa shape index (κ3) is 3.85. The quantitative estimate of drug-likeness (QED) is 0.832. The molecule has 0 aliphatic carbocycles. The Morgan fingerprint density at radius 1 is 1.14 bits per heavy atom. The van der Waals surface area contributed by atoms with E-state index < -0.39 is 28.5 Å². The summed E-state index contributed by atoms with van der Waals surface area (Å²) in [5.41, 5.74) is 0.822. The predicted octanol–water partition coefficient (Wildman–Crippen LogP) is 2.49. The zero-order chi connectivity index (χ0) is 16.2. The maximum atomic E-state index is 11.9. The van der Waals surface area contributed by atoms with Crippen LogP contribution in [0.25, 0.3) is 0 Å². The molecule has 0 spiro atoms. The maximum absolute atomic E-state index is 11.9. The molecule has 2 unspecified atom stereocenters. The molecule has 0 radical (unpaired) electrons. The molecule has 1 aliphatic heterocycles. The molecular weight excluding hydrogens is 306 g/mol. The van der Waals surface area contributed by atoms with Crippen LogP contribution in [-0.4, -0.2) is 27.0 Å². The van der Waals surface area contributed by atoms with E-state index in [4.69, 9.17) is 13.7 Å². The van der Waals surface area contributed by atoms with Crippen molar-refractivity contribution in [3.8, 4) is 0 Å². The van der Waals surface area contributed by atoms with E-state index >= 15 is 0 Å². The highest BCUT2D eigenvalue weighted by Gasteiger charge is 2.48. The lowest BCUT2D eigenvalue weighted by atomic mass is 10.1. The van der Waals surface area contributed by atoms with Gasteiger partial charge < -0.3 is 9.47 Å². The van der Waals surface area contributed by atoms with Gasteiger partial charge in [0.15, 0.2) is 5.79 Å². The molecule has 1 N–H and O–H groups in total. The van der Waals surface area contributed by atoms with E-state index in [2.05, 4.69) is 4.72 Å². The van der Waals surface area contributed by atoms with Gasteiger partial charge in [-0.05, 0) is 18.4 Å². The highest BCUT2D eigenvalue weighted by Crippen LogP contribution is 2.42. The molecule has 1 aliphatic rings. The van der Waals surface area contributed by atoms with E-state index in [0.29, 0.717) is 12.8 Å². The van der Waals surface area contributed by atoms with Crippen LogP contribution in [0.4, 0.5) is 0 Å². The van der Waals surface area contributed by atoms with Gasteiger partial charge >= 0.3 is 10.3 Å². The lowest BCUT2D eigenvalue weighted by Crippen LogP contribution is -2.34. The zero-order valence-corrected chi connectivity index (χ0v) is 13.9. The third-order valence-corrected chi connectivity index (χ3v) is 4.75. The van der Waals surface area contributed by atoms with E-state index in [1.165, 1.54) is 0 Å². The van der Waals surface area contributed by atoms with Crippen molar-refractivity contribution in [1.82, 2.24) is 4.72 Å². The van der Waals surface area contributed by atoms with Gasteiger partial charge in [-0.15, -0.1) is 0 Å². The normalized spacial score (nSPS) is 24.5. The molecule has 22 heavy (non-hydrogen) atoms. The van der Waals surface area contributed by atoms with E-state index in [0.717, 1.165) is 5.56 Å². The number of hydrogen-bond donors (Lipinski definition) is 1. The average molecular weight is 329 g/mol. The van der Waals surface area contributed by atoms with Crippen molar-refractivity contribution < 1.29 is 22.1 Å². The largest absolute Gasteiger partial charge is 0.338 e. The second kappa shape index (κ2) is 7.06. The van der Waals surface area contributed by atoms with Crippen LogP contribution in [0.2, 0.25) is 0 Å². The molecule has 1 saturated heterocycles. The number of rotatable bonds is 7. The second-order valence-corrected chi connectivity index (χ2v) is 6.49. The molecule has 0 saturated carbocycles. The monoisotopic (exact) mass is 329 g/mol. The number of ether oxygens (including phenoxy) is 2. The first kappa shape index (κ1) is 17.4. The topological polar surface area (TPSA) is 73.9 Å². The van der Waals surface area contributed by atoms with Crippen molar-refractivity contribution >= 4 is 10.3 Å². The molecule has 1 aromatic rings. The van der Waals surface area contributed by atoms with Crippen LogP contribution < -0.4 is 4.72 Å². The fraction of sp³-hybridized carbons (Fsp3) is 0.600. The molecule has 1 aromatic carbocycles. The van der Waals surface area contributed by atoms with Gasteiger partial charge in [0.2, 0.25) is 6.29 Å². The van der Waals surface area contributed by atoms with Gasteiger partial charge in [0, 0.05) is 6.54 Å². The van der Waals surface area contributed by atoms with Crippen LogP contribution in [0.15, 0.2) is 30.3 Å². The van der Waals surface area contributed by atoms with Gasteiger partial charge in [0.1, 0.15) is 6.10 Å². The summed E-state index contributed by atoms with van der Waals surface area (Å²) in [6, 6.07) is 9.35. The minimum atomic E-state index is -3.88. The molecule has 0 amide bonds. The Kier molecular flexibility index (Phi) is 5.57. The maximum Gasteiger partial charge on any atom is 0.338 e. The summed E-state index contributed by atoms with van der Waals surface area (Å²) in [4.78, 5) is 0. The second-order valence-electron chi connectivity index (χ2n) is 5.10. The number of nitrogens with one attached hydrogen (secondary N) is 1. The first-order valence-corrected chi connectivity index (χ1v) is 8.94. The molecule has 124 valence electrons. The Balaban J connectivity index is 2.27. The molecule has 0 aromatic heterocycles. The molecule has 2 rings (SSSR count). The summed E-state index contributed by atoms with van der Waals surface area (Å²) in [7, 11) is -3.88. The smallest absolute Gasteiger partial charge is 0.337 e. The molecule has 2 atom stereocenters. The van der Waals surface area contributed by atoms with Crippen LogP contribution in [0.1, 0.15) is 45.3 Å². The highest BCUT2D eigenvalue weighted by molar-refractivity contribution is 7.84. The minimum absolute atomic E-state index is 0.249. The van der Waals surface area contributed by atoms with Gasteiger partial charge in [-0.25, -0.2) is 4.18 Å². The van der Waals surface area contributed by atoms with Gasteiger partial charge in [0.25, 0.3) is 0 Å². The Labute approximate surface area is 132 Å². The summed E-state index contributed by atoms with van der Waals surface area (Å²) < 4.78 is 43.1. The highest BCUT2D eigenvalue weighted by atomic mass is 32.2. The minimum Gasteiger partial charge on any atom is -0.337 e. The van der Waals surface area contributed by atoms with Crippen LogP contribution in [0.5, 0.6) is 0 Å². The number of benzene rings is 1. The molecule has 1 heterocycles. The van der Waals surface area contributed by atoms with Crippen molar-refractivity contribution in [2.24, 2.45) is 0 Å². The Morgan fingerprint density at radius 3 is 2.32 bits per heavy atom. The van der Waals surface area contributed by atoms with Crippen molar-refractivity contribution in [1.29, 1.82) is 0 Å². The summed E-state index contributed by atoms with van der Waals surface area (Å²) in [5.74, 6) is -0.826. The molecular formula is C15H23NO5S. The van der Waals surface area contributed by atoms with Crippen molar-refractivity contribution in [3.05, 3.63) is 35.9 Å². The van der Waals surface area contributed by atoms with Crippen LogP contribution in [-0.2, 0) is 24.0 Å². The Morgan fingerprint density at radius 2 is 1.77 bits per heavy atom. The fourth-order valence-corrected chi connectivity index (χ4v) is 3.26. The molecule has 7 heteroatoms. The summed E-state index contributed by atoms with van der Waals surface area (Å²) in [6.07, 6.45) is -0.386. The van der Waals surface area contributed by atoms with E-state index in [1.54, 1.807) is 6.92 Å². The molecule has 6 nitrogen and oxygen atoms in total. The van der Waals surface area contributed by atoms with Crippen LogP contribution in [0.3, 0.4) is 0 Å². The van der Waals surface area contributed by atoms with Crippen LogP contribution in [0, 0.1) is 0 Å². The van der Waals surface area contributed by atoms with Gasteiger partial charge in [-0.3, -0.25) is 0 Å². The van der Waals surface area contributed by atoms with Gasteiger partial charge in [0.05, 0.1) is 0 Å². The van der Waals surface area contributed by atoms with E-state index in [1.807, 2.05) is 44.2 Å². The lowest BCUT2D eigenvalue weighted by Gasteiger charge is -2.24. The summed E-state index contributed by atoms with van der Waals surface area (Å²) in [5, 5.41) is 0. The Hall–Kier alpha value is -0.990. The number of hydrogen-bond acceptors (Lipinski definition) is 5. The van der Waals surface area contributed by atoms with Crippen LogP contribution >= 0.6 is 0 Å². The van der Waals surface area contributed by atoms with Gasteiger partial charge in [-0.2, -0.15) is 13.1 Å². The first-order valence-electron chi connectivity index (χ1n) is 7.53. The van der Waals surface area contributed by atoms with Gasteiger partial charge in [-0.1, -0.05) is 51.1 Å². The summed E-state index contributed by atoms with van der Waals surface area (Å²) in [6.45, 7) is 5.81.